The number of carbonyl (C=O) groups is 3. The van der Waals surface area contributed by atoms with Gasteiger partial charge >= 0.3 is 0 Å². The van der Waals surface area contributed by atoms with Crippen molar-refractivity contribution in [2.24, 2.45) is 0 Å². The van der Waals surface area contributed by atoms with Gasteiger partial charge in [-0.25, -0.2) is 4.39 Å². The molecule has 0 unspecified atom stereocenters. The van der Waals surface area contributed by atoms with Crippen LogP contribution in [0.2, 0.25) is 0 Å². The maximum atomic E-state index is 13.6. The van der Waals surface area contributed by atoms with E-state index in [0.29, 0.717) is 31.5 Å². The fourth-order valence-corrected chi connectivity index (χ4v) is 2.50. The van der Waals surface area contributed by atoms with Gasteiger partial charge in [-0.2, -0.15) is 0 Å². The molecular formula is C14H13BrFNO3. The second-order valence-electron chi connectivity index (χ2n) is 4.73. The number of anilines is 1. The van der Waals surface area contributed by atoms with Crippen molar-refractivity contribution in [3.63, 3.8) is 0 Å². The lowest BCUT2D eigenvalue weighted by molar-refractivity contribution is -0.117. The summed E-state index contributed by atoms with van der Waals surface area (Å²) in [6.07, 6.45) is 1.68. The van der Waals surface area contributed by atoms with Crippen LogP contribution >= 0.6 is 15.9 Å². The molecule has 0 radical (unpaired) electrons. The highest BCUT2D eigenvalue weighted by Gasteiger charge is 2.36. The third-order valence-electron chi connectivity index (χ3n) is 3.17. The van der Waals surface area contributed by atoms with Crippen LogP contribution in [0.4, 0.5) is 10.1 Å². The van der Waals surface area contributed by atoms with E-state index in [2.05, 4.69) is 15.9 Å². The van der Waals surface area contributed by atoms with Crippen LogP contribution in [-0.2, 0) is 9.59 Å². The highest BCUT2D eigenvalue weighted by atomic mass is 79.9. The van der Waals surface area contributed by atoms with E-state index in [1.54, 1.807) is 0 Å². The monoisotopic (exact) mass is 341 g/mol. The van der Waals surface area contributed by atoms with Gasteiger partial charge in [0.1, 0.15) is 11.6 Å². The van der Waals surface area contributed by atoms with Crippen molar-refractivity contribution in [3.8, 4) is 0 Å². The molecule has 2 rings (SSSR count). The molecule has 0 saturated carbocycles. The highest BCUT2D eigenvalue weighted by Crippen LogP contribution is 2.33. The third-order valence-corrected chi connectivity index (χ3v) is 3.78. The SMILES string of the molecule is CC(=O)CCCCN1C(=O)C(=O)c2cc(Br)c(F)cc21. The number of ketones is 2. The van der Waals surface area contributed by atoms with Gasteiger partial charge in [0.25, 0.3) is 11.7 Å². The molecule has 0 bridgehead atoms. The number of hydrogen-bond acceptors (Lipinski definition) is 3. The summed E-state index contributed by atoms with van der Waals surface area (Å²) < 4.78 is 13.7. The summed E-state index contributed by atoms with van der Waals surface area (Å²) in [5, 5.41) is 0. The van der Waals surface area contributed by atoms with Crippen LogP contribution in [0.1, 0.15) is 36.5 Å². The lowest BCUT2D eigenvalue weighted by Crippen LogP contribution is -2.30. The Hall–Kier alpha value is -1.56. The molecular weight excluding hydrogens is 329 g/mol. The van der Waals surface area contributed by atoms with Crippen molar-refractivity contribution in [1.82, 2.24) is 0 Å². The van der Waals surface area contributed by atoms with E-state index in [1.165, 1.54) is 24.0 Å². The van der Waals surface area contributed by atoms with Gasteiger partial charge in [-0.05, 0) is 47.8 Å². The molecule has 0 fully saturated rings. The van der Waals surface area contributed by atoms with Crippen molar-refractivity contribution in [1.29, 1.82) is 0 Å². The van der Waals surface area contributed by atoms with Crippen LogP contribution < -0.4 is 4.90 Å². The van der Waals surface area contributed by atoms with Gasteiger partial charge in [0, 0.05) is 13.0 Å². The average Bonchev–Trinajstić information content (AvgIpc) is 2.60. The van der Waals surface area contributed by atoms with E-state index in [0.717, 1.165) is 0 Å². The van der Waals surface area contributed by atoms with Gasteiger partial charge in [0.2, 0.25) is 0 Å². The van der Waals surface area contributed by atoms with Crippen molar-refractivity contribution in [2.45, 2.75) is 26.2 Å². The maximum absolute atomic E-state index is 13.6. The Morgan fingerprint density at radius 1 is 1.30 bits per heavy atom. The summed E-state index contributed by atoms with van der Waals surface area (Å²) in [5.41, 5.74) is 0.526. The molecule has 0 aromatic heterocycles. The van der Waals surface area contributed by atoms with Gasteiger partial charge in [-0.15, -0.1) is 0 Å². The zero-order chi connectivity index (χ0) is 14.9. The summed E-state index contributed by atoms with van der Waals surface area (Å²) in [6, 6.07) is 2.52. The maximum Gasteiger partial charge on any atom is 0.299 e. The molecule has 1 amide bonds. The van der Waals surface area contributed by atoms with Crippen molar-refractivity contribution < 1.29 is 18.8 Å². The summed E-state index contributed by atoms with van der Waals surface area (Å²) in [7, 11) is 0. The molecule has 1 aromatic carbocycles. The molecule has 4 nitrogen and oxygen atoms in total. The molecule has 20 heavy (non-hydrogen) atoms. The Morgan fingerprint density at radius 3 is 2.65 bits per heavy atom. The Bertz CT molecular complexity index is 600. The molecule has 0 spiro atoms. The normalized spacial score (nSPS) is 13.8. The Balaban J connectivity index is 2.16. The Labute approximate surface area is 124 Å². The molecule has 1 aromatic rings. The third kappa shape index (κ3) is 2.80. The topological polar surface area (TPSA) is 54.5 Å². The molecule has 0 saturated heterocycles. The van der Waals surface area contributed by atoms with Crippen molar-refractivity contribution in [2.75, 3.05) is 11.4 Å². The number of unbranched alkanes of at least 4 members (excludes halogenated alkanes) is 1. The van der Waals surface area contributed by atoms with Crippen LogP contribution in [0.15, 0.2) is 16.6 Å². The second-order valence-corrected chi connectivity index (χ2v) is 5.58. The molecule has 6 heteroatoms. The quantitative estimate of drug-likeness (QED) is 0.611. The average molecular weight is 342 g/mol. The smallest absolute Gasteiger partial charge is 0.299 e. The number of hydrogen-bond donors (Lipinski definition) is 0. The summed E-state index contributed by atoms with van der Waals surface area (Å²) in [6.45, 7) is 1.82. The number of rotatable bonds is 5. The van der Waals surface area contributed by atoms with Gasteiger partial charge in [0.05, 0.1) is 15.7 Å². The fourth-order valence-electron chi connectivity index (χ4n) is 2.15. The fraction of sp³-hybridized carbons (Fsp3) is 0.357. The second kappa shape index (κ2) is 5.83. The standard InChI is InChI=1S/C14H13BrFNO3/c1-8(18)4-2-3-5-17-12-7-11(16)10(15)6-9(12)13(19)14(17)20/h6-7H,2-5H2,1H3. The van der Waals surface area contributed by atoms with Crippen LogP contribution in [0.3, 0.4) is 0 Å². The van der Waals surface area contributed by atoms with Crippen LogP contribution in [0, 0.1) is 5.82 Å². The summed E-state index contributed by atoms with van der Waals surface area (Å²) in [4.78, 5) is 35.8. The summed E-state index contributed by atoms with van der Waals surface area (Å²) in [5.74, 6) is -1.68. The minimum absolute atomic E-state index is 0.0872. The van der Waals surface area contributed by atoms with Crippen molar-refractivity contribution >= 4 is 39.1 Å². The van der Waals surface area contributed by atoms with E-state index >= 15 is 0 Å². The van der Waals surface area contributed by atoms with E-state index in [-0.39, 0.29) is 15.8 Å². The number of nitrogens with zero attached hydrogens (tertiary/aromatic N) is 1. The lowest BCUT2D eigenvalue weighted by Gasteiger charge is -2.16. The summed E-state index contributed by atoms with van der Waals surface area (Å²) >= 11 is 3.00. The van der Waals surface area contributed by atoms with Gasteiger partial charge in [0.15, 0.2) is 0 Å². The first kappa shape index (κ1) is 14.8. The number of fused-ring (bicyclic) bond motifs is 1. The molecule has 1 aliphatic rings. The molecule has 106 valence electrons. The first-order valence-electron chi connectivity index (χ1n) is 6.26. The first-order valence-corrected chi connectivity index (χ1v) is 7.06. The Kier molecular flexibility index (Phi) is 4.32. The van der Waals surface area contributed by atoms with Crippen LogP contribution in [0.25, 0.3) is 0 Å². The van der Waals surface area contributed by atoms with Crippen molar-refractivity contribution in [3.05, 3.63) is 28.0 Å². The number of benzene rings is 1. The van der Waals surface area contributed by atoms with Gasteiger partial charge in [-0.1, -0.05) is 0 Å². The van der Waals surface area contributed by atoms with E-state index in [1.807, 2.05) is 0 Å². The Morgan fingerprint density at radius 2 is 2.00 bits per heavy atom. The number of halogens is 2. The van der Waals surface area contributed by atoms with E-state index in [4.69, 9.17) is 0 Å². The minimum Gasteiger partial charge on any atom is -0.305 e. The van der Waals surface area contributed by atoms with Crippen LogP contribution in [-0.4, -0.2) is 24.0 Å². The van der Waals surface area contributed by atoms with Gasteiger partial charge < -0.3 is 9.69 Å². The molecule has 0 atom stereocenters. The largest absolute Gasteiger partial charge is 0.305 e. The highest BCUT2D eigenvalue weighted by molar-refractivity contribution is 9.10. The molecule has 1 aliphatic heterocycles. The van der Waals surface area contributed by atoms with Gasteiger partial charge in [-0.3, -0.25) is 9.59 Å². The predicted molar refractivity (Wildman–Crippen MR) is 75.3 cm³/mol. The molecule has 1 heterocycles. The predicted octanol–water partition coefficient (Wildman–Crippen LogP) is 2.88. The molecule has 0 aliphatic carbocycles. The van der Waals surface area contributed by atoms with Crippen LogP contribution in [0.5, 0.6) is 0 Å². The number of Topliss-reactive ketones (excluding diaryl/α,β-unsaturated/α-hetero) is 2. The van der Waals surface area contributed by atoms with E-state index < -0.39 is 17.5 Å². The minimum atomic E-state index is -0.639. The number of amides is 1. The molecule has 0 N–H and O–H groups in total. The first-order chi connectivity index (χ1) is 9.41. The number of carbonyl (C=O) groups excluding carboxylic acids is 3. The zero-order valence-corrected chi connectivity index (χ0v) is 12.5. The lowest BCUT2D eigenvalue weighted by atomic mass is 10.1. The zero-order valence-electron chi connectivity index (χ0n) is 10.9. The van der Waals surface area contributed by atoms with E-state index in [9.17, 15) is 18.8 Å².